The fourth-order valence-electron chi connectivity index (χ4n) is 2.79. The topological polar surface area (TPSA) is 88.6 Å². The molecule has 2 amide bonds. The minimum absolute atomic E-state index is 0.0958. The molecule has 7 heteroatoms. The Labute approximate surface area is 164 Å². The zero-order valence-electron chi connectivity index (χ0n) is 16.4. The van der Waals surface area contributed by atoms with Gasteiger partial charge < -0.3 is 15.0 Å². The van der Waals surface area contributed by atoms with Gasteiger partial charge in [-0.3, -0.25) is 14.6 Å². The summed E-state index contributed by atoms with van der Waals surface area (Å²) in [4.78, 5) is 43.1. The first-order chi connectivity index (χ1) is 13.5. The molecule has 1 N–H and O–H groups in total. The maximum Gasteiger partial charge on any atom is 0.339 e. The monoisotopic (exact) mass is 383 g/mol. The maximum absolute atomic E-state index is 12.7. The summed E-state index contributed by atoms with van der Waals surface area (Å²) in [5.41, 5.74) is 1.06. The first-order valence-electron chi connectivity index (χ1n) is 9.25. The normalized spacial score (nSPS) is 10.2. The van der Waals surface area contributed by atoms with Crippen LogP contribution >= 0.6 is 0 Å². The lowest BCUT2D eigenvalue weighted by Gasteiger charge is -2.21. The SMILES string of the molecule is CCCN(CCC)C(=O)c1ccnc(C(=O)Nc2ccccc2C(=O)OC)c1. The van der Waals surface area contributed by atoms with Gasteiger partial charge in [0.15, 0.2) is 0 Å². The number of aromatic nitrogens is 1. The Morgan fingerprint density at radius 2 is 1.75 bits per heavy atom. The molecule has 0 aliphatic rings. The second-order valence-corrected chi connectivity index (χ2v) is 6.21. The molecule has 0 radical (unpaired) electrons. The number of carbonyl (C=O) groups is 3. The largest absolute Gasteiger partial charge is 0.465 e. The van der Waals surface area contributed by atoms with Crippen molar-refractivity contribution in [2.75, 3.05) is 25.5 Å². The lowest BCUT2D eigenvalue weighted by Crippen LogP contribution is -2.32. The van der Waals surface area contributed by atoms with E-state index in [0.29, 0.717) is 24.3 Å². The molecular weight excluding hydrogens is 358 g/mol. The van der Waals surface area contributed by atoms with Gasteiger partial charge in [-0.15, -0.1) is 0 Å². The Hall–Kier alpha value is -3.22. The average molecular weight is 383 g/mol. The fraction of sp³-hybridized carbons (Fsp3) is 0.333. The molecule has 1 heterocycles. The predicted octanol–water partition coefficient (Wildman–Crippen LogP) is 3.38. The number of rotatable bonds is 8. The van der Waals surface area contributed by atoms with E-state index in [1.165, 1.54) is 19.4 Å². The predicted molar refractivity (Wildman–Crippen MR) is 106 cm³/mol. The molecule has 0 unspecified atom stereocenters. The summed E-state index contributed by atoms with van der Waals surface area (Å²) in [6, 6.07) is 9.60. The Bertz CT molecular complexity index is 845. The van der Waals surface area contributed by atoms with Crippen LogP contribution in [-0.4, -0.2) is 47.9 Å². The number of ether oxygens (including phenoxy) is 1. The fourth-order valence-corrected chi connectivity index (χ4v) is 2.79. The number of methoxy groups -OCH3 is 1. The van der Waals surface area contributed by atoms with Crippen molar-refractivity contribution in [1.82, 2.24) is 9.88 Å². The molecular formula is C21H25N3O4. The van der Waals surface area contributed by atoms with Gasteiger partial charge in [-0.05, 0) is 37.1 Å². The molecule has 1 aromatic carbocycles. The van der Waals surface area contributed by atoms with E-state index in [1.807, 2.05) is 13.8 Å². The summed E-state index contributed by atoms with van der Waals surface area (Å²) in [6.45, 7) is 5.34. The molecule has 0 atom stereocenters. The molecule has 0 saturated carbocycles. The van der Waals surface area contributed by atoms with Gasteiger partial charge in [0.25, 0.3) is 11.8 Å². The standard InChI is InChI=1S/C21H25N3O4/c1-4-12-24(13-5-2)20(26)15-10-11-22-18(14-15)19(25)23-17-9-7-6-8-16(17)21(27)28-3/h6-11,14H,4-5,12-13H2,1-3H3,(H,23,25). The lowest BCUT2D eigenvalue weighted by atomic mass is 10.1. The molecule has 2 rings (SSSR count). The van der Waals surface area contributed by atoms with Crippen molar-refractivity contribution in [1.29, 1.82) is 0 Å². The number of para-hydroxylation sites is 1. The van der Waals surface area contributed by atoms with Crippen molar-refractivity contribution in [3.63, 3.8) is 0 Å². The summed E-state index contributed by atoms with van der Waals surface area (Å²) in [5, 5.41) is 2.66. The Balaban J connectivity index is 2.23. The number of benzene rings is 1. The quantitative estimate of drug-likeness (QED) is 0.706. The number of nitrogens with zero attached hydrogens (tertiary/aromatic N) is 2. The number of amides is 2. The number of hydrogen-bond donors (Lipinski definition) is 1. The third-order valence-electron chi connectivity index (χ3n) is 4.09. The van der Waals surface area contributed by atoms with Gasteiger partial charge in [-0.2, -0.15) is 0 Å². The minimum Gasteiger partial charge on any atom is -0.465 e. The minimum atomic E-state index is -0.553. The van der Waals surface area contributed by atoms with Crippen LogP contribution in [0.4, 0.5) is 5.69 Å². The van der Waals surface area contributed by atoms with Gasteiger partial charge in [-0.25, -0.2) is 4.79 Å². The maximum atomic E-state index is 12.7. The van der Waals surface area contributed by atoms with E-state index < -0.39 is 11.9 Å². The first kappa shape index (κ1) is 21.1. The Kier molecular flexibility index (Phi) is 7.68. The molecule has 1 aromatic heterocycles. The highest BCUT2D eigenvalue weighted by molar-refractivity contribution is 6.08. The third kappa shape index (κ3) is 5.16. The molecule has 0 fully saturated rings. The average Bonchev–Trinajstić information content (AvgIpc) is 2.73. The van der Waals surface area contributed by atoms with E-state index in [4.69, 9.17) is 4.74 Å². The van der Waals surface area contributed by atoms with Gasteiger partial charge in [-0.1, -0.05) is 26.0 Å². The van der Waals surface area contributed by atoms with E-state index in [-0.39, 0.29) is 17.2 Å². The van der Waals surface area contributed by atoms with Crippen molar-refractivity contribution in [2.24, 2.45) is 0 Å². The number of hydrogen-bond acceptors (Lipinski definition) is 5. The Morgan fingerprint density at radius 1 is 1.07 bits per heavy atom. The summed E-state index contributed by atoms with van der Waals surface area (Å²) >= 11 is 0. The number of nitrogens with one attached hydrogen (secondary N) is 1. The first-order valence-corrected chi connectivity index (χ1v) is 9.25. The van der Waals surface area contributed by atoms with E-state index in [9.17, 15) is 14.4 Å². The molecule has 0 saturated heterocycles. The zero-order valence-corrected chi connectivity index (χ0v) is 16.4. The molecule has 2 aromatic rings. The molecule has 7 nitrogen and oxygen atoms in total. The Morgan fingerprint density at radius 3 is 2.39 bits per heavy atom. The van der Waals surface area contributed by atoms with Crippen LogP contribution in [0.15, 0.2) is 42.6 Å². The molecule has 0 bridgehead atoms. The summed E-state index contributed by atoms with van der Waals surface area (Å²) in [5.74, 6) is -1.19. The number of esters is 1. The molecule has 28 heavy (non-hydrogen) atoms. The van der Waals surface area contributed by atoms with Gasteiger partial charge in [0.05, 0.1) is 18.4 Å². The van der Waals surface area contributed by atoms with Crippen LogP contribution in [-0.2, 0) is 4.74 Å². The van der Waals surface area contributed by atoms with Crippen molar-refractivity contribution >= 4 is 23.5 Å². The second kappa shape index (κ2) is 10.2. The van der Waals surface area contributed by atoms with Crippen LogP contribution in [0.3, 0.4) is 0 Å². The van der Waals surface area contributed by atoms with E-state index in [2.05, 4.69) is 10.3 Å². The molecule has 0 aliphatic heterocycles. The van der Waals surface area contributed by atoms with Crippen molar-refractivity contribution in [3.8, 4) is 0 Å². The summed E-state index contributed by atoms with van der Waals surface area (Å²) in [7, 11) is 1.27. The third-order valence-corrected chi connectivity index (χ3v) is 4.09. The van der Waals surface area contributed by atoms with Gasteiger partial charge >= 0.3 is 5.97 Å². The highest BCUT2D eigenvalue weighted by Crippen LogP contribution is 2.17. The second-order valence-electron chi connectivity index (χ2n) is 6.21. The van der Waals surface area contributed by atoms with E-state index >= 15 is 0 Å². The van der Waals surface area contributed by atoms with Gasteiger partial charge in [0.1, 0.15) is 5.69 Å². The molecule has 0 aliphatic carbocycles. The smallest absolute Gasteiger partial charge is 0.339 e. The van der Waals surface area contributed by atoms with Crippen molar-refractivity contribution in [3.05, 3.63) is 59.4 Å². The summed E-state index contributed by atoms with van der Waals surface area (Å²) in [6.07, 6.45) is 3.15. The lowest BCUT2D eigenvalue weighted by molar-refractivity contribution is 0.0601. The number of anilines is 1. The number of pyridine rings is 1. The van der Waals surface area contributed by atoms with Crippen molar-refractivity contribution in [2.45, 2.75) is 26.7 Å². The van der Waals surface area contributed by atoms with Crippen LogP contribution in [0.1, 0.15) is 57.9 Å². The van der Waals surface area contributed by atoms with Gasteiger partial charge in [0.2, 0.25) is 0 Å². The highest BCUT2D eigenvalue weighted by atomic mass is 16.5. The van der Waals surface area contributed by atoms with Crippen LogP contribution in [0, 0.1) is 0 Å². The molecule has 148 valence electrons. The van der Waals surface area contributed by atoms with Crippen LogP contribution < -0.4 is 5.32 Å². The van der Waals surface area contributed by atoms with Crippen molar-refractivity contribution < 1.29 is 19.1 Å². The highest BCUT2D eigenvalue weighted by Gasteiger charge is 2.18. The van der Waals surface area contributed by atoms with E-state index in [0.717, 1.165) is 12.8 Å². The van der Waals surface area contributed by atoms with Gasteiger partial charge in [0, 0.05) is 24.8 Å². The molecule has 0 spiro atoms. The van der Waals surface area contributed by atoms with Crippen LogP contribution in [0.5, 0.6) is 0 Å². The van der Waals surface area contributed by atoms with E-state index in [1.54, 1.807) is 35.2 Å². The van der Waals surface area contributed by atoms with Crippen LogP contribution in [0.2, 0.25) is 0 Å². The summed E-state index contributed by atoms with van der Waals surface area (Å²) < 4.78 is 4.73. The number of carbonyl (C=O) groups excluding carboxylic acids is 3. The zero-order chi connectivity index (χ0) is 20.5. The van der Waals surface area contributed by atoms with Crippen LogP contribution in [0.25, 0.3) is 0 Å².